The Morgan fingerprint density at radius 2 is 1.95 bits per heavy atom. The molecule has 0 bridgehead atoms. The zero-order chi connectivity index (χ0) is 15.5. The van der Waals surface area contributed by atoms with Crippen molar-refractivity contribution in [3.8, 4) is 6.07 Å². The van der Waals surface area contributed by atoms with E-state index in [0.717, 1.165) is 23.4 Å². The number of fused-ring (bicyclic) bond motifs is 1. The van der Waals surface area contributed by atoms with E-state index in [9.17, 15) is 5.26 Å². The van der Waals surface area contributed by atoms with Gasteiger partial charge >= 0.3 is 0 Å². The number of thiazole rings is 1. The summed E-state index contributed by atoms with van der Waals surface area (Å²) in [6, 6.07) is 10.8. The van der Waals surface area contributed by atoms with Gasteiger partial charge in [0.05, 0.1) is 11.3 Å². The number of rotatable bonds is 3. The molecule has 0 saturated carbocycles. The Morgan fingerprint density at radius 1 is 1.23 bits per heavy atom. The highest BCUT2D eigenvalue weighted by Crippen LogP contribution is 2.31. The molecule has 3 heteroatoms. The van der Waals surface area contributed by atoms with E-state index >= 15 is 0 Å². The van der Waals surface area contributed by atoms with Crippen LogP contribution in [0.1, 0.15) is 59.3 Å². The van der Waals surface area contributed by atoms with Gasteiger partial charge in [-0.1, -0.05) is 38.1 Å². The fraction of sp³-hybridized carbons (Fsp3) is 0.368. The molecule has 0 unspecified atom stereocenters. The molecule has 1 aliphatic rings. The third-order valence-corrected chi connectivity index (χ3v) is 5.30. The monoisotopic (exact) mass is 308 g/mol. The Kier molecular flexibility index (Phi) is 4.40. The summed E-state index contributed by atoms with van der Waals surface area (Å²) >= 11 is 1.69. The summed E-state index contributed by atoms with van der Waals surface area (Å²) in [5.74, 6) is 0.527. The maximum absolute atomic E-state index is 9.49. The number of aromatic nitrogens is 1. The van der Waals surface area contributed by atoms with Crippen molar-refractivity contribution < 1.29 is 0 Å². The van der Waals surface area contributed by atoms with E-state index in [1.165, 1.54) is 29.0 Å². The molecule has 112 valence electrons. The van der Waals surface area contributed by atoms with Gasteiger partial charge in [0.1, 0.15) is 11.1 Å². The van der Waals surface area contributed by atoms with E-state index in [0.29, 0.717) is 11.5 Å². The first-order chi connectivity index (χ1) is 10.7. The summed E-state index contributed by atoms with van der Waals surface area (Å²) in [5.41, 5.74) is 4.27. The summed E-state index contributed by atoms with van der Waals surface area (Å²) in [6.45, 7) is 4.37. The van der Waals surface area contributed by atoms with Crippen LogP contribution < -0.4 is 0 Å². The Bertz CT molecular complexity index is 706. The summed E-state index contributed by atoms with van der Waals surface area (Å²) in [7, 11) is 0. The minimum Gasteiger partial charge on any atom is -0.240 e. The molecular weight excluding hydrogens is 288 g/mol. The smallest absolute Gasteiger partial charge is 0.134 e. The van der Waals surface area contributed by atoms with Crippen LogP contribution in [0.3, 0.4) is 0 Å². The number of allylic oxidation sites excluding steroid dienone is 1. The molecule has 1 aliphatic carbocycles. The van der Waals surface area contributed by atoms with Crippen LogP contribution in [0.5, 0.6) is 0 Å². The maximum Gasteiger partial charge on any atom is 0.134 e. The summed E-state index contributed by atoms with van der Waals surface area (Å²) < 4.78 is 0. The molecule has 2 nitrogen and oxygen atoms in total. The summed E-state index contributed by atoms with van der Waals surface area (Å²) in [6.07, 6.45) is 6.60. The third kappa shape index (κ3) is 3.13. The second-order valence-corrected chi connectivity index (χ2v) is 7.17. The van der Waals surface area contributed by atoms with Crippen molar-refractivity contribution >= 4 is 23.0 Å². The average Bonchev–Trinajstić information content (AvgIpc) is 2.96. The van der Waals surface area contributed by atoms with Gasteiger partial charge in [-0.05, 0) is 48.8 Å². The van der Waals surface area contributed by atoms with E-state index in [2.05, 4.69) is 44.2 Å². The normalized spacial score (nSPS) is 14.7. The van der Waals surface area contributed by atoms with Gasteiger partial charge in [0.15, 0.2) is 0 Å². The zero-order valence-corrected chi connectivity index (χ0v) is 13.9. The molecule has 1 aromatic carbocycles. The highest BCUT2D eigenvalue weighted by atomic mass is 32.1. The van der Waals surface area contributed by atoms with E-state index in [1.807, 2.05) is 6.08 Å². The highest BCUT2D eigenvalue weighted by molar-refractivity contribution is 7.13. The lowest BCUT2D eigenvalue weighted by Crippen LogP contribution is -1.99. The number of nitrogens with zero attached hydrogens (tertiary/aromatic N) is 2. The Morgan fingerprint density at radius 3 is 2.59 bits per heavy atom. The average molecular weight is 308 g/mol. The van der Waals surface area contributed by atoms with Crippen LogP contribution in [0.25, 0.3) is 11.6 Å². The van der Waals surface area contributed by atoms with Gasteiger partial charge in [-0.25, -0.2) is 4.98 Å². The van der Waals surface area contributed by atoms with Crippen molar-refractivity contribution in [3.63, 3.8) is 0 Å². The van der Waals surface area contributed by atoms with Crippen molar-refractivity contribution in [3.05, 3.63) is 51.0 Å². The lowest BCUT2D eigenvalue weighted by molar-refractivity contribution is 0.682. The summed E-state index contributed by atoms with van der Waals surface area (Å²) in [5, 5.41) is 10.4. The molecule has 1 aromatic heterocycles. The van der Waals surface area contributed by atoms with Crippen molar-refractivity contribution in [2.45, 2.75) is 45.4 Å². The van der Waals surface area contributed by atoms with Crippen LogP contribution in [0.15, 0.2) is 24.3 Å². The number of aryl methyl sites for hydroxylation is 2. The number of hydrogen-bond donors (Lipinski definition) is 0. The van der Waals surface area contributed by atoms with Crippen LogP contribution in [-0.2, 0) is 12.8 Å². The summed E-state index contributed by atoms with van der Waals surface area (Å²) in [4.78, 5) is 6.06. The third-order valence-electron chi connectivity index (χ3n) is 4.11. The molecule has 0 N–H and O–H groups in total. The van der Waals surface area contributed by atoms with Gasteiger partial charge in [-0.15, -0.1) is 11.3 Å². The van der Waals surface area contributed by atoms with E-state index in [-0.39, 0.29) is 0 Å². The van der Waals surface area contributed by atoms with Crippen molar-refractivity contribution in [2.24, 2.45) is 0 Å². The van der Waals surface area contributed by atoms with Crippen LogP contribution in [0.4, 0.5) is 0 Å². The first kappa shape index (κ1) is 15.0. The van der Waals surface area contributed by atoms with Gasteiger partial charge in [-0.2, -0.15) is 5.26 Å². The maximum atomic E-state index is 9.49. The molecule has 3 rings (SSSR count). The van der Waals surface area contributed by atoms with Gasteiger partial charge in [0.2, 0.25) is 0 Å². The van der Waals surface area contributed by atoms with E-state index < -0.39 is 0 Å². The van der Waals surface area contributed by atoms with Gasteiger partial charge in [0, 0.05) is 4.88 Å². The molecule has 2 aromatic rings. The molecule has 0 fully saturated rings. The standard InChI is InChI=1S/C19H20N2S/c1-13(2)15-9-7-14(8-10-15)11-16(12-20)19-21-17-5-3-4-6-18(17)22-19/h7-11,13H,3-6H2,1-2H3/b16-11+. The van der Waals surface area contributed by atoms with Gasteiger partial charge < -0.3 is 0 Å². The van der Waals surface area contributed by atoms with Crippen LogP contribution in [0.2, 0.25) is 0 Å². The quantitative estimate of drug-likeness (QED) is 0.730. The first-order valence-electron chi connectivity index (χ1n) is 7.88. The van der Waals surface area contributed by atoms with E-state index in [1.54, 1.807) is 11.3 Å². The topological polar surface area (TPSA) is 36.7 Å². The minimum atomic E-state index is 0.527. The van der Waals surface area contributed by atoms with Crippen molar-refractivity contribution in [1.29, 1.82) is 5.26 Å². The number of nitriles is 1. The molecular formula is C19H20N2S. The SMILES string of the molecule is CC(C)c1ccc(/C=C(\C#N)c2nc3c(s2)CCCC3)cc1. The first-order valence-corrected chi connectivity index (χ1v) is 8.69. The Balaban J connectivity index is 1.90. The minimum absolute atomic E-state index is 0.527. The second-order valence-electron chi connectivity index (χ2n) is 6.09. The molecule has 1 heterocycles. The fourth-order valence-corrected chi connectivity index (χ4v) is 3.87. The lowest BCUT2D eigenvalue weighted by Gasteiger charge is -2.06. The molecule has 0 saturated heterocycles. The van der Waals surface area contributed by atoms with Crippen LogP contribution in [-0.4, -0.2) is 4.98 Å². The molecule has 0 spiro atoms. The molecule has 0 aliphatic heterocycles. The lowest BCUT2D eigenvalue weighted by atomic mass is 10.0. The molecule has 0 amide bonds. The number of hydrogen-bond acceptors (Lipinski definition) is 3. The highest BCUT2D eigenvalue weighted by Gasteiger charge is 2.17. The Labute approximate surface area is 136 Å². The van der Waals surface area contributed by atoms with E-state index in [4.69, 9.17) is 4.98 Å². The van der Waals surface area contributed by atoms with Crippen molar-refractivity contribution in [1.82, 2.24) is 4.98 Å². The fourth-order valence-electron chi connectivity index (χ4n) is 2.75. The molecule has 22 heavy (non-hydrogen) atoms. The van der Waals surface area contributed by atoms with Gasteiger partial charge in [-0.3, -0.25) is 0 Å². The van der Waals surface area contributed by atoms with Crippen LogP contribution in [0, 0.1) is 11.3 Å². The number of benzene rings is 1. The van der Waals surface area contributed by atoms with Gasteiger partial charge in [0.25, 0.3) is 0 Å². The second kappa shape index (κ2) is 6.46. The molecule has 0 atom stereocenters. The largest absolute Gasteiger partial charge is 0.240 e. The predicted molar refractivity (Wildman–Crippen MR) is 92.8 cm³/mol. The zero-order valence-electron chi connectivity index (χ0n) is 13.1. The van der Waals surface area contributed by atoms with Crippen molar-refractivity contribution in [2.75, 3.05) is 0 Å². The van der Waals surface area contributed by atoms with Crippen LogP contribution >= 0.6 is 11.3 Å². The Hall–Kier alpha value is -1.92. The molecule has 0 radical (unpaired) electrons. The predicted octanol–water partition coefficient (Wildman–Crippen LogP) is 5.21.